The number of ether oxygens (including phenoxy) is 3. The molecule has 0 saturated carbocycles. The third-order valence-corrected chi connectivity index (χ3v) is 7.03. The Morgan fingerprint density at radius 3 is 2.39 bits per heavy atom. The lowest BCUT2D eigenvalue weighted by Crippen LogP contribution is -2.40. The molecule has 1 amide bonds. The van der Waals surface area contributed by atoms with Crippen LogP contribution in [-0.4, -0.2) is 41.8 Å². The number of likely N-dealkylation sites (tertiary alicyclic amines) is 1. The largest absolute Gasteiger partial charge is 0.489 e. The Labute approximate surface area is 207 Å². The number of nitrogens with zero attached hydrogens (tertiary/aromatic N) is 1. The second-order valence-electron chi connectivity index (χ2n) is 9.24. The fraction of sp³-hybridized carbons (Fsp3) is 0.241. The van der Waals surface area contributed by atoms with E-state index in [2.05, 4.69) is 0 Å². The first-order valence-corrected chi connectivity index (χ1v) is 12.1. The van der Waals surface area contributed by atoms with E-state index in [0.29, 0.717) is 55.4 Å². The van der Waals surface area contributed by atoms with E-state index in [1.54, 1.807) is 4.90 Å². The van der Waals surface area contributed by atoms with Gasteiger partial charge in [-0.1, -0.05) is 30.3 Å². The number of rotatable bonds is 5. The average molecular weight is 484 g/mol. The summed E-state index contributed by atoms with van der Waals surface area (Å²) >= 11 is 0. The summed E-state index contributed by atoms with van der Waals surface area (Å²) < 4.78 is 17.3. The molecule has 1 saturated heterocycles. The maximum atomic E-state index is 13.7. The second-order valence-corrected chi connectivity index (χ2v) is 9.24. The standard InChI is InChI=1S/C29H25NO6/c31-28(30-10-8-19(9-11-30)29(32)33)25-12-20-13-26-27(36-17-35-26)15-23(20)24-14-21(6-7-22(24)25)34-16-18-4-2-1-3-5-18/h1-7,12-15,19H,8-11,16-17H2,(H,32,33). The van der Waals surface area contributed by atoms with Crippen LogP contribution >= 0.6 is 0 Å². The summed E-state index contributed by atoms with van der Waals surface area (Å²) in [6.07, 6.45) is 0.922. The molecule has 2 heterocycles. The molecule has 4 aromatic carbocycles. The molecule has 2 aliphatic heterocycles. The van der Waals surface area contributed by atoms with Gasteiger partial charge in [0.25, 0.3) is 5.91 Å². The third kappa shape index (κ3) is 4.06. The van der Waals surface area contributed by atoms with E-state index in [1.165, 1.54) is 0 Å². The maximum absolute atomic E-state index is 13.7. The summed E-state index contributed by atoms with van der Waals surface area (Å²) in [6.45, 7) is 1.45. The monoisotopic (exact) mass is 483 g/mol. The number of benzene rings is 4. The van der Waals surface area contributed by atoms with Crippen molar-refractivity contribution in [3.05, 3.63) is 77.9 Å². The first kappa shape index (κ1) is 22.2. The molecule has 0 radical (unpaired) electrons. The molecule has 0 bridgehead atoms. The predicted molar refractivity (Wildman–Crippen MR) is 135 cm³/mol. The number of carboxylic acids is 1. The molecule has 7 heteroatoms. The lowest BCUT2D eigenvalue weighted by Gasteiger charge is -2.30. The minimum absolute atomic E-state index is 0.0960. The van der Waals surface area contributed by atoms with Gasteiger partial charge in [-0.15, -0.1) is 0 Å². The fourth-order valence-electron chi connectivity index (χ4n) is 5.03. The zero-order chi connectivity index (χ0) is 24.6. The van der Waals surface area contributed by atoms with Crippen molar-refractivity contribution in [2.75, 3.05) is 19.9 Å². The normalized spacial score (nSPS) is 15.4. The van der Waals surface area contributed by atoms with Crippen LogP contribution < -0.4 is 14.2 Å². The van der Waals surface area contributed by atoms with E-state index in [1.807, 2.05) is 66.7 Å². The van der Waals surface area contributed by atoms with Crippen LogP contribution in [-0.2, 0) is 11.4 Å². The lowest BCUT2D eigenvalue weighted by molar-refractivity contribution is -0.143. The molecular formula is C29H25NO6. The van der Waals surface area contributed by atoms with Crippen molar-refractivity contribution in [3.63, 3.8) is 0 Å². The van der Waals surface area contributed by atoms with E-state index >= 15 is 0 Å². The smallest absolute Gasteiger partial charge is 0.306 e. The highest BCUT2D eigenvalue weighted by Gasteiger charge is 2.29. The van der Waals surface area contributed by atoms with Gasteiger partial charge in [-0.25, -0.2) is 0 Å². The van der Waals surface area contributed by atoms with Crippen molar-refractivity contribution in [1.82, 2.24) is 4.90 Å². The zero-order valence-corrected chi connectivity index (χ0v) is 19.6. The Balaban J connectivity index is 1.40. The number of aliphatic carboxylic acids is 1. The van der Waals surface area contributed by atoms with Gasteiger partial charge in [-0.05, 0) is 76.3 Å². The van der Waals surface area contributed by atoms with Crippen molar-refractivity contribution in [2.45, 2.75) is 19.4 Å². The number of hydrogen-bond acceptors (Lipinski definition) is 5. The van der Waals surface area contributed by atoms with Gasteiger partial charge in [0.1, 0.15) is 12.4 Å². The van der Waals surface area contributed by atoms with Gasteiger partial charge >= 0.3 is 5.97 Å². The first-order valence-electron chi connectivity index (χ1n) is 12.1. The number of hydrogen-bond donors (Lipinski definition) is 1. The lowest BCUT2D eigenvalue weighted by atomic mass is 9.93. The van der Waals surface area contributed by atoms with Crippen molar-refractivity contribution >= 4 is 33.4 Å². The SMILES string of the molecule is O=C(O)C1CCN(C(=O)c2cc3cc4c(cc3c3cc(OCc5ccccc5)ccc23)OCO4)CC1. The van der Waals surface area contributed by atoms with Crippen LogP contribution in [0.3, 0.4) is 0 Å². The van der Waals surface area contributed by atoms with Crippen LogP contribution in [0.2, 0.25) is 0 Å². The van der Waals surface area contributed by atoms with Crippen LogP contribution in [0, 0.1) is 5.92 Å². The predicted octanol–water partition coefficient (Wildman–Crippen LogP) is 5.24. The Morgan fingerprint density at radius 1 is 0.889 bits per heavy atom. The van der Waals surface area contributed by atoms with E-state index in [-0.39, 0.29) is 12.7 Å². The van der Waals surface area contributed by atoms with Gasteiger partial charge in [0.2, 0.25) is 6.79 Å². The summed E-state index contributed by atoms with van der Waals surface area (Å²) in [5.41, 5.74) is 1.65. The molecule has 1 N–H and O–H groups in total. The number of carboxylic acid groups (broad SMARTS) is 1. The molecule has 182 valence electrons. The zero-order valence-electron chi connectivity index (χ0n) is 19.6. The molecule has 36 heavy (non-hydrogen) atoms. The van der Waals surface area contributed by atoms with Gasteiger partial charge in [0, 0.05) is 18.7 Å². The molecule has 0 unspecified atom stereocenters. The van der Waals surface area contributed by atoms with Crippen LogP contribution in [0.25, 0.3) is 21.5 Å². The quantitative estimate of drug-likeness (QED) is 0.391. The Hall–Kier alpha value is -4.26. The summed E-state index contributed by atoms with van der Waals surface area (Å²) in [5, 5.41) is 12.8. The molecule has 0 spiro atoms. The molecule has 2 aliphatic rings. The molecule has 0 atom stereocenters. The molecule has 0 aliphatic carbocycles. The summed E-state index contributed by atoms with van der Waals surface area (Å²) in [5.74, 6) is 0.746. The Kier molecular flexibility index (Phi) is 5.60. The summed E-state index contributed by atoms with van der Waals surface area (Å²) in [7, 11) is 0. The third-order valence-electron chi connectivity index (χ3n) is 7.03. The van der Waals surface area contributed by atoms with Crippen LogP contribution in [0.1, 0.15) is 28.8 Å². The van der Waals surface area contributed by atoms with Crippen molar-refractivity contribution in [1.29, 1.82) is 0 Å². The number of amides is 1. The highest BCUT2D eigenvalue weighted by molar-refractivity contribution is 6.18. The topological polar surface area (TPSA) is 85.3 Å². The maximum Gasteiger partial charge on any atom is 0.306 e. The van der Waals surface area contributed by atoms with Crippen molar-refractivity contribution < 1.29 is 28.9 Å². The Bertz CT molecular complexity index is 1470. The van der Waals surface area contributed by atoms with Crippen molar-refractivity contribution in [3.8, 4) is 17.2 Å². The minimum Gasteiger partial charge on any atom is -0.489 e. The van der Waals surface area contributed by atoms with E-state index in [9.17, 15) is 14.7 Å². The molecule has 1 fully saturated rings. The van der Waals surface area contributed by atoms with E-state index < -0.39 is 11.9 Å². The van der Waals surface area contributed by atoms with Gasteiger partial charge in [-0.2, -0.15) is 0 Å². The highest BCUT2D eigenvalue weighted by Crippen LogP contribution is 2.41. The van der Waals surface area contributed by atoms with Crippen molar-refractivity contribution in [2.24, 2.45) is 5.92 Å². The van der Waals surface area contributed by atoms with Gasteiger partial charge in [-0.3, -0.25) is 9.59 Å². The number of carbonyl (C=O) groups is 2. The summed E-state index contributed by atoms with van der Waals surface area (Å²) in [6, 6.07) is 21.5. The second kappa shape index (κ2) is 9.07. The van der Waals surface area contributed by atoms with Crippen LogP contribution in [0.4, 0.5) is 0 Å². The Morgan fingerprint density at radius 2 is 1.64 bits per heavy atom. The fourth-order valence-corrected chi connectivity index (χ4v) is 5.03. The first-order chi connectivity index (χ1) is 17.6. The number of piperidine rings is 1. The molecular weight excluding hydrogens is 458 g/mol. The van der Waals surface area contributed by atoms with E-state index in [4.69, 9.17) is 14.2 Å². The molecule has 0 aromatic heterocycles. The molecule has 4 aromatic rings. The number of carbonyl (C=O) groups excluding carboxylic acids is 1. The van der Waals surface area contributed by atoms with Gasteiger partial charge in [0.15, 0.2) is 11.5 Å². The highest BCUT2D eigenvalue weighted by atomic mass is 16.7. The van der Waals surface area contributed by atoms with Gasteiger partial charge in [0.05, 0.1) is 5.92 Å². The summed E-state index contributed by atoms with van der Waals surface area (Å²) in [4.78, 5) is 26.8. The van der Waals surface area contributed by atoms with Crippen LogP contribution in [0.15, 0.2) is 66.7 Å². The molecule has 7 nitrogen and oxygen atoms in total. The molecule has 6 rings (SSSR count). The van der Waals surface area contributed by atoms with E-state index in [0.717, 1.165) is 27.1 Å². The van der Waals surface area contributed by atoms with Crippen LogP contribution in [0.5, 0.6) is 17.2 Å². The van der Waals surface area contributed by atoms with Gasteiger partial charge < -0.3 is 24.2 Å². The average Bonchev–Trinajstić information content (AvgIpc) is 3.38. The number of fused-ring (bicyclic) bond motifs is 4. The minimum atomic E-state index is -0.794.